The Balaban J connectivity index is 1.60. The van der Waals surface area contributed by atoms with Crippen LogP contribution >= 0.6 is 11.6 Å². The Morgan fingerprint density at radius 1 is 1.25 bits per heavy atom. The van der Waals surface area contributed by atoms with Crippen LogP contribution in [-0.4, -0.2) is 56.1 Å². The second kappa shape index (κ2) is 5.84. The fourth-order valence-electron chi connectivity index (χ4n) is 3.30. The fraction of sp³-hybridized carbons (Fsp3) is 0.714. The molecule has 1 N–H and O–H groups in total. The molecule has 0 bridgehead atoms. The number of imide groups is 1. The van der Waals surface area contributed by atoms with Crippen LogP contribution in [0.2, 0.25) is 0 Å². The number of morpholine rings is 1. The number of quaternary nitrogens is 1. The van der Waals surface area contributed by atoms with Gasteiger partial charge in [-0.25, -0.2) is 0 Å². The molecule has 0 aromatic heterocycles. The molecule has 2 aliphatic heterocycles. The molecule has 110 valence electrons. The van der Waals surface area contributed by atoms with Crippen LogP contribution in [0.1, 0.15) is 12.8 Å². The summed E-state index contributed by atoms with van der Waals surface area (Å²) in [4.78, 5) is 27.5. The number of fused-ring (bicyclic) bond motifs is 1. The molecule has 2 amide bonds. The molecule has 5 nitrogen and oxygen atoms in total. The first-order valence-corrected chi connectivity index (χ1v) is 7.65. The molecule has 3 aliphatic rings. The Bertz CT molecular complexity index is 446. The van der Waals surface area contributed by atoms with E-state index in [1.54, 1.807) is 0 Å². The van der Waals surface area contributed by atoms with Crippen LogP contribution < -0.4 is 4.90 Å². The lowest BCUT2D eigenvalue weighted by atomic mass is 9.85. The molecule has 6 heteroatoms. The Labute approximate surface area is 123 Å². The number of hydrogen-bond donors (Lipinski definition) is 1. The summed E-state index contributed by atoms with van der Waals surface area (Å²) < 4.78 is 5.31. The smallest absolute Gasteiger partial charge is 0.233 e. The lowest BCUT2D eigenvalue weighted by Crippen LogP contribution is -3.14. The SMILES string of the molecule is O=C1[C@H]2CC(Cl)=CC[C@H]2C(=O)N1CC[NH+]1CCOCC1. The van der Waals surface area contributed by atoms with Crippen LogP contribution in [0.3, 0.4) is 0 Å². The maximum absolute atomic E-state index is 12.4. The summed E-state index contributed by atoms with van der Waals surface area (Å²) in [5, 5.41) is 0.716. The Morgan fingerprint density at radius 3 is 2.70 bits per heavy atom. The quantitative estimate of drug-likeness (QED) is 0.710. The largest absolute Gasteiger partial charge is 0.370 e. The van der Waals surface area contributed by atoms with E-state index in [1.807, 2.05) is 6.08 Å². The van der Waals surface area contributed by atoms with Gasteiger partial charge in [0.25, 0.3) is 0 Å². The number of nitrogens with zero attached hydrogens (tertiary/aromatic N) is 1. The van der Waals surface area contributed by atoms with Gasteiger partial charge in [-0.3, -0.25) is 14.5 Å². The monoisotopic (exact) mass is 299 g/mol. The molecule has 20 heavy (non-hydrogen) atoms. The normalized spacial score (nSPS) is 31.4. The van der Waals surface area contributed by atoms with Crippen molar-refractivity contribution in [3.8, 4) is 0 Å². The van der Waals surface area contributed by atoms with Gasteiger partial charge in [-0.15, -0.1) is 0 Å². The van der Waals surface area contributed by atoms with E-state index >= 15 is 0 Å². The van der Waals surface area contributed by atoms with Crippen molar-refractivity contribution in [3.05, 3.63) is 11.1 Å². The summed E-state index contributed by atoms with van der Waals surface area (Å²) in [6, 6.07) is 0. The van der Waals surface area contributed by atoms with Crippen molar-refractivity contribution in [2.24, 2.45) is 11.8 Å². The highest BCUT2D eigenvalue weighted by molar-refractivity contribution is 6.30. The minimum absolute atomic E-state index is 0.00641. The second-order valence-electron chi connectivity index (χ2n) is 5.74. The van der Waals surface area contributed by atoms with Crippen molar-refractivity contribution in [1.29, 1.82) is 0 Å². The molecule has 0 radical (unpaired) electrons. The molecule has 0 saturated carbocycles. The first-order valence-electron chi connectivity index (χ1n) is 7.28. The fourth-order valence-corrected chi connectivity index (χ4v) is 3.55. The summed E-state index contributed by atoms with van der Waals surface area (Å²) in [5.74, 6) is -0.434. The van der Waals surface area contributed by atoms with Crippen LogP contribution in [0.4, 0.5) is 0 Å². The van der Waals surface area contributed by atoms with Crippen LogP contribution in [0.15, 0.2) is 11.1 Å². The van der Waals surface area contributed by atoms with E-state index in [-0.39, 0.29) is 23.7 Å². The lowest BCUT2D eigenvalue weighted by Gasteiger charge is -2.25. The Kier molecular flexibility index (Phi) is 4.10. The third-order valence-corrected chi connectivity index (χ3v) is 4.86. The zero-order valence-electron chi connectivity index (χ0n) is 11.4. The van der Waals surface area contributed by atoms with Gasteiger partial charge in [0.1, 0.15) is 13.1 Å². The van der Waals surface area contributed by atoms with Crippen molar-refractivity contribution in [2.45, 2.75) is 12.8 Å². The number of hydrogen-bond acceptors (Lipinski definition) is 3. The van der Waals surface area contributed by atoms with Gasteiger partial charge in [0.2, 0.25) is 11.8 Å². The number of amides is 2. The highest BCUT2D eigenvalue weighted by Gasteiger charge is 2.48. The number of rotatable bonds is 3. The second-order valence-corrected chi connectivity index (χ2v) is 6.23. The predicted molar refractivity (Wildman–Crippen MR) is 73.3 cm³/mol. The molecule has 0 aromatic carbocycles. The highest BCUT2D eigenvalue weighted by atomic mass is 35.5. The van der Waals surface area contributed by atoms with Crippen molar-refractivity contribution in [3.63, 3.8) is 0 Å². The number of allylic oxidation sites excluding steroid dienone is 2. The van der Waals surface area contributed by atoms with E-state index < -0.39 is 0 Å². The van der Waals surface area contributed by atoms with Crippen molar-refractivity contribution in [1.82, 2.24) is 4.90 Å². The van der Waals surface area contributed by atoms with Crippen LogP contribution in [0.25, 0.3) is 0 Å². The molecule has 2 heterocycles. The minimum atomic E-state index is -0.223. The summed E-state index contributed by atoms with van der Waals surface area (Å²) in [6.07, 6.45) is 3.01. The van der Waals surface area contributed by atoms with Crippen molar-refractivity contribution < 1.29 is 19.2 Å². The predicted octanol–water partition coefficient (Wildman–Crippen LogP) is -0.581. The molecule has 1 aliphatic carbocycles. The standard InChI is InChI=1S/C14H19ClN2O3/c15-10-1-2-11-12(9-10)14(19)17(13(11)18)4-3-16-5-7-20-8-6-16/h1,11-12H,2-9H2/p+1/t11-,12+/m1/s1. The van der Waals surface area contributed by atoms with Crippen LogP contribution in [0, 0.1) is 11.8 Å². The molecule has 0 unspecified atom stereocenters. The average molecular weight is 300 g/mol. The number of nitrogens with one attached hydrogen (secondary N) is 1. The summed E-state index contributed by atoms with van der Waals surface area (Å²) in [5.41, 5.74) is 0. The summed E-state index contributed by atoms with van der Waals surface area (Å²) in [6.45, 7) is 4.79. The Morgan fingerprint density at radius 2 is 1.95 bits per heavy atom. The third-order valence-electron chi connectivity index (χ3n) is 4.55. The molecular weight excluding hydrogens is 280 g/mol. The zero-order chi connectivity index (χ0) is 14.1. The average Bonchev–Trinajstić information content (AvgIpc) is 2.70. The molecule has 2 atom stereocenters. The third kappa shape index (κ3) is 2.62. The van der Waals surface area contributed by atoms with E-state index in [0.717, 1.165) is 32.8 Å². The number of likely N-dealkylation sites (tertiary alicyclic amines) is 1. The number of carbonyl (C=O) groups excluding carboxylic acids is 2. The summed E-state index contributed by atoms with van der Waals surface area (Å²) in [7, 11) is 0. The van der Waals surface area contributed by atoms with Gasteiger partial charge >= 0.3 is 0 Å². The first-order chi connectivity index (χ1) is 9.66. The van der Waals surface area contributed by atoms with Gasteiger partial charge in [0, 0.05) is 5.03 Å². The van der Waals surface area contributed by atoms with Crippen molar-refractivity contribution in [2.75, 3.05) is 39.4 Å². The van der Waals surface area contributed by atoms with Crippen LogP contribution in [0.5, 0.6) is 0 Å². The first kappa shape index (κ1) is 14.0. The van der Waals surface area contributed by atoms with Crippen LogP contribution in [-0.2, 0) is 14.3 Å². The van der Waals surface area contributed by atoms with Gasteiger partial charge in [0.15, 0.2) is 0 Å². The molecule has 2 saturated heterocycles. The lowest BCUT2D eigenvalue weighted by molar-refractivity contribution is -0.907. The van der Waals surface area contributed by atoms with E-state index in [1.165, 1.54) is 9.80 Å². The molecule has 3 rings (SSSR count). The highest BCUT2D eigenvalue weighted by Crippen LogP contribution is 2.38. The molecule has 0 aromatic rings. The molecule has 2 fully saturated rings. The topological polar surface area (TPSA) is 51.0 Å². The van der Waals surface area contributed by atoms with E-state index in [2.05, 4.69) is 0 Å². The maximum atomic E-state index is 12.4. The number of halogens is 1. The zero-order valence-corrected chi connectivity index (χ0v) is 12.2. The van der Waals surface area contributed by atoms with Gasteiger partial charge in [-0.2, -0.15) is 0 Å². The summed E-state index contributed by atoms with van der Waals surface area (Å²) >= 11 is 6.00. The van der Waals surface area contributed by atoms with E-state index in [9.17, 15) is 9.59 Å². The van der Waals surface area contributed by atoms with Crippen molar-refractivity contribution >= 4 is 23.4 Å². The van der Waals surface area contributed by atoms with Gasteiger partial charge in [-0.1, -0.05) is 17.7 Å². The Hall–Kier alpha value is -0.910. The van der Waals surface area contributed by atoms with E-state index in [4.69, 9.17) is 16.3 Å². The van der Waals surface area contributed by atoms with Gasteiger partial charge < -0.3 is 9.64 Å². The maximum Gasteiger partial charge on any atom is 0.233 e. The van der Waals surface area contributed by atoms with E-state index in [0.29, 0.717) is 24.4 Å². The number of ether oxygens (including phenoxy) is 1. The molecular formula is C14H20ClN2O3+. The van der Waals surface area contributed by atoms with Gasteiger partial charge in [0.05, 0.1) is 38.1 Å². The van der Waals surface area contributed by atoms with Gasteiger partial charge in [-0.05, 0) is 12.8 Å². The molecule has 0 spiro atoms. The minimum Gasteiger partial charge on any atom is -0.370 e. The number of carbonyl (C=O) groups is 2.